The fraction of sp³-hybridized carbons (Fsp3) is 0.429. The number of aromatic nitrogens is 2. The molecule has 2 heterocycles. The van der Waals surface area contributed by atoms with Crippen LogP contribution in [0.1, 0.15) is 25.8 Å². The van der Waals surface area contributed by atoms with Crippen LogP contribution >= 0.6 is 0 Å². The third-order valence-corrected chi connectivity index (χ3v) is 3.50. The molecule has 5 heteroatoms. The molecular formula is C14H17N3O2. The maximum absolute atomic E-state index is 12.4. The predicted molar refractivity (Wildman–Crippen MR) is 71.3 cm³/mol. The van der Waals surface area contributed by atoms with Gasteiger partial charge >= 0.3 is 0 Å². The molecule has 1 fully saturated rings. The van der Waals surface area contributed by atoms with Crippen LogP contribution < -0.4 is 0 Å². The quantitative estimate of drug-likeness (QED) is 0.830. The first-order chi connectivity index (χ1) is 9.27. The van der Waals surface area contributed by atoms with Crippen molar-refractivity contribution in [3.05, 3.63) is 30.6 Å². The predicted octanol–water partition coefficient (Wildman–Crippen LogP) is 2.15. The second-order valence-electron chi connectivity index (χ2n) is 4.80. The number of hydrogen-bond acceptors (Lipinski definition) is 3. The van der Waals surface area contributed by atoms with Crippen LogP contribution in [0.5, 0.6) is 0 Å². The minimum Gasteiger partial charge on any atom is -0.318 e. The summed E-state index contributed by atoms with van der Waals surface area (Å²) in [7, 11) is 0. The van der Waals surface area contributed by atoms with E-state index in [1.165, 1.54) is 5.06 Å². The highest BCUT2D eigenvalue weighted by Gasteiger charge is 2.25. The molecule has 0 spiro atoms. The Kier molecular flexibility index (Phi) is 3.21. The van der Waals surface area contributed by atoms with Gasteiger partial charge in [0.2, 0.25) is 0 Å². The fourth-order valence-corrected chi connectivity index (χ4v) is 2.38. The monoisotopic (exact) mass is 259 g/mol. The molecule has 0 radical (unpaired) electrons. The van der Waals surface area contributed by atoms with Crippen LogP contribution in [0.3, 0.4) is 0 Å². The SMILES string of the molecule is CC(C(=O)N1CCCCO1)n1cnc2ccccc21. The van der Waals surface area contributed by atoms with Crippen LogP contribution in [0, 0.1) is 0 Å². The van der Waals surface area contributed by atoms with Crippen molar-refractivity contribution in [2.75, 3.05) is 13.2 Å². The summed E-state index contributed by atoms with van der Waals surface area (Å²) < 4.78 is 1.90. The van der Waals surface area contributed by atoms with Crippen molar-refractivity contribution in [3.63, 3.8) is 0 Å². The van der Waals surface area contributed by atoms with Crippen LogP contribution in [0.15, 0.2) is 30.6 Å². The summed E-state index contributed by atoms with van der Waals surface area (Å²) in [5.74, 6) is -0.0112. The van der Waals surface area contributed by atoms with E-state index < -0.39 is 0 Å². The number of rotatable bonds is 2. The van der Waals surface area contributed by atoms with E-state index in [1.807, 2.05) is 35.8 Å². The van der Waals surface area contributed by atoms with E-state index >= 15 is 0 Å². The largest absolute Gasteiger partial charge is 0.318 e. The van der Waals surface area contributed by atoms with Gasteiger partial charge in [0.05, 0.1) is 24.0 Å². The highest BCUT2D eigenvalue weighted by atomic mass is 16.7. The van der Waals surface area contributed by atoms with Gasteiger partial charge in [0.15, 0.2) is 0 Å². The topological polar surface area (TPSA) is 47.4 Å². The molecule has 0 N–H and O–H groups in total. The minimum atomic E-state index is -0.300. The number of hydroxylamine groups is 2. The van der Waals surface area contributed by atoms with Crippen LogP contribution in [0.25, 0.3) is 11.0 Å². The van der Waals surface area contributed by atoms with Gasteiger partial charge in [-0.3, -0.25) is 9.63 Å². The summed E-state index contributed by atoms with van der Waals surface area (Å²) in [6.45, 7) is 3.19. The van der Waals surface area contributed by atoms with Gasteiger partial charge in [0.25, 0.3) is 5.91 Å². The number of imidazole rings is 1. The maximum atomic E-state index is 12.4. The van der Waals surface area contributed by atoms with E-state index in [1.54, 1.807) is 6.33 Å². The molecule has 1 saturated heterocycles. The van der Waals surface area contributed by atoms with Crippen LogP contribution in [-0.4, -0.2) is 33.7 Å². The van der Waals surface area contributed by atoms with Crippen molar-refractivity contribution in [3.8, 4) is 0 Å². The molecule has 1 aromatic heterocycles. The van der Waals surface area contributed by atoms with Gasteiger partial charge in [0.1, 0.15) is 6.04 Å². The van der Waals surface area contributed by atoms with Gasteiger partial charge in [-0.25, -0.2) is 10.0 Å². The molecule has 1 unspecified atom stereocenters. The van der Waals surface area contributed by atoms with Crippen molar-refractivity contribution >= 4 is 16.9 Å². The molecule has 0 aliphatic carbocycles. The smallest absolute Gasteiger partial charge is 0.268 e. The van der Waals surface area contributed by atoms with E-state index in [4.69, 9.17) is 4.84 Å². The van der Waals surface area contributed by atoms with Crippen molar-refractivity contribution < 1.29 is 9.63 Å². The van der Waals surface area contributed by atoms with E-state index in [0.717, 1.165) is 23.9 Å². The number of benzene rings is 1. The molecule has 19 heavy (non-hydrogen) atoms. The van der Waals surface area contributed by atoms with Crippen LogP contribution in [0.4, 0.5) is 0 Å². The van der Waals surface area contributed by atoms with Crippen molar-refractivity contribution in [2.24, 2.45) is 0 Å². The molecule has 0 bridgehead atoms. The number of fused-ring (bicyclic) bond motifs is 1. The van der Waals surface area contributed by atoms with Crippen LogP contribution in [-0.2, 0) is 9.63 Å². The van der Waals surface area contributed by atoms with Gasteiger partial charge in [-0.1, -0.05) is 12.1 Å². The van der Waals surface area contributed by atoms with Crippen molar-refractivity contribution in [1.29, 1.82) is 0 Å². The summed E-state index contributed by atoms with van der Waals surface area (Å²) in [6, 6.07) is 7.52. The standard InChI is InChI=1S/C14H17N3O2/c1-11(14(18)17-8-4-5-9-19-17)16-10-15-12-6-2-3-7-13(12)16/h2-3,6-7,10-11H,4-5,8-9H2,1H3. The maximum Gasteiger partial charge on any atom is 0.268 e. The van der Waals surface area contributed by atoms with E-state index in [0.29, 0.717) is 13.2 Å². The number of carbonyl (C=O) groups is 1. The molecule has 5 nitrogen and oxygen atoms in total. The lowest BCUT2D eigenvalue weighted by atomic mass is 10.2. The Bertz CT molecular complexity index is 587. The molecule has 1 aliphatic rings. The zero-order valence-electron chi connectivity index (χ0n) is 11.0. The number of amides is 1. The van der Waals surface area contributed by atoms with Gasteiger partial charge in [-0.15, -0.1) is 0 Å². The molecule has 2 aromatic rings. The second-order valence-corrected chi connectivity index (χ2v) is 4.80. The lowest BCUT2D eigenvalue weighted by Crippen LogP contribution is -2.39. The number of nitrogens with zero attached hydrogens (tertiary/aromatic N) is 3. The molecular weight excluding hydrogens is 242 g/mol. The first kappa shape index (κ1) is 12.2. The Morgan fingerprint density at radius 1 is 1.37 bits per heavy atom. The van der Waals surface area contributed by atoms with Crippen molar-refractivity contribution in [1.82, 2.24) is 14.6 Å². The van der Waals surface area contributed by atoms with E-state index in [-0.39, 0.29) is 11.9 Å². The first-order valence-corrected chi connectivity index (χ1v) is 6.63. The van der Waals surface area contributed by atoms with E-state index in [9.17, 15) is 4.79 Å². The fourth-order valence-electron chi connectivity index (χ4n) is 2.38. The van der Waals surface area contributed by atoms with Gasteiger partial charge in [0, 0.05) is 6.54 Å². The summed E-state index contributed by atoms with van der Waals surface area (Å²) in [6.07, 6.45) is 3.74. The lowest BCUT2D eigenvalue weighted by molar-refractivity contribution is -0.199. The Labute approximate surface area is 111 Å². The third-order valence-electron chi connectivity index (χ3n) is 3.50. The Morgan fingerprint density at radius 3 is 3.00 bits per heavy atom. The third kappa shape index (κ3) is 2.21. The Balaban J connectivity index is 1.86. The molecule has 1 aliphatic heterocycles. The Hall–Kier alpha value is -1.88. The summed E-state index contributed by atoms with van der Waals surface area (Å²) in [4.78, 5) is 22.1. The first-order valence-electron chi connectivity index (χ1n) is 6.63. The number of carbonyl (C=O) groups excluding carboxylic acids is 1. The van der Waals surface area contributed by atoms with Crippen molar-refractivity contribution in [2.45, 2.75) is 25.8 Å². The summed E-state index contributed by atoms with van der Waals surface area (Å²) in [5.41, 5.74) is 1.88. The highest BCUT2D eigenvalue weighted by Crippen LogP contribution is 2.20. The molecule has 100 valence electrons. The van der Waals surface area contributed by atoms with Crippen LogP contribution in [0.2, 0.25) is 0 Å². The zero-order chi connectivity index (χ0) is 13.2. The summed E-state index contributed by atoms with van der Waals surface area (Å²) >= 11 is 0. The number of para-hydroxylation sites is 2. The molecule has 1 atom stereocenters. The Morgan fingerprint density at radius 2 is 2.21 bits per heavy atom. The van der Waals surface area contributed by atoms with Gasteiger partial charge < -0.3 is 4.57 Å². The zero-order valence-corrected chi connectivity index (χ0v) is 11.0. The minimum absolute atomic E-state index is 0.0112. The highest BCUT2D eigenvalue weighted by molar-refractivity contribution is 5.83. The average molecular weight is 259 g/mol. The van der Waals surface area contributed by atoms with Gasteiger partial charge in [-0.2, -0.15) is 0 Å². The van der Waals surface area contributed by atoms with E-state index in [2.05, 4.69) is 4.98 Å². The average Bonchev–Trinajstić information content (AvgIpc) is 2.90. The normalized spacial score (nSPS) is 17.6. The van der Waals surface area contributed by atoms with Gasteiger partial charge in [-0.05, 0) is 31.9 Å². The molecule has 1 aromatic carbocycles. The molecule has 3 rings (SSSR count). The molecule has 0 saturated carbocycles. The number of hydrogen-bond donors (Lipinski definition) is 0. The second kappa shape index (κ2) is 5.01. The molecule has 1 amide bonds. The lowest BCUT2D eigenvalue weighted by Gasteiger charge is -2.28. The summed E-state index contributed by atoms with van der Waals surface area (Å²) in [5, 5.41) is 1.49.